The van der Waals surface area contributed by atoms with Crippen molar-refractivity contribution in [1.29, 1.82) is 0 Å². The molecule has 1 saturated heterocycles. The second-order valence-electron chi connectivity index (χ2n) is 11.3. The maximum Gasteiger partial charge on any atom is 0.258 e. The first-order valence-corrected chi connectivity index (χ1v) is 14.8. The molecule has 0 spiro atoms. The number of amides is 2. The first-order valence-electron chi connectivity index (χ1n) is 13.3. The van der Waals surface area contributed by atoms with Gasteiger partial charge in [-0.2, -0.15) is 9.40 Å². The Morgan fingerprint density at radius 1 is 1.12 bits per heavy atom. The molecule has 2 aliphatic heterocycles. The van der Waals surface area contributed by atoms with Crippen molar-refractivity contribution in [1.82, 2.24) is 14.5 Å². The maximum atomic E-state index is 13.9. The summed E-state index contributed by atoms with van der Waals surface area (Å²) in [6, 6.07) is 7.15. The minimum absolute atomic E-state index is 0.00308. The summed E-state index contributed by atoms with van der Waals surface area (Å²) in [5, 5.41) is 12.8. The molecule has 3 aromatic rings. The molecule has 1 fully saturated rings. The largest absolute Gasteiger partial charge is 0.381 e. The molecule has 0 bridgehead atoms. The highest BCUT2D eigenvalue weighted by molar-refractivity contribution is 7.89. The van der Waals surface area contributed by atoms with Crippen LogP contribution in [-0.4, -0.2) is 68.6 Å². The molecular formula is C28H32F2N6O5S. The molecule has 42 heavy (non-hydrogen) atoms. The Hall–Kier alpha value is -3.88. The molecule has 3 heterocycles. The van der Waals surface area contributed by atoms with Gasteiger partial charge in [0.15, 0.2) is 5.82 Å². The Labute approximate surface area is 242 Å². The van der Waals surface area contributed by atoms with E-state index in [1.807, 2.05) is 19.0 Å². The normalized spacial score (nSPS) is 18.4. The third-order valence-corrected chi connectivity index (χ3v) is 9.25. The number of hydrogen-bond donors (Lipinski definition) is 3. The second kappa shape index (κ2) is 11.1. The number of carbonyl (C=O) groups is 2. The van der Waals surface area contributed by atoms with Crippen LogP contribution in [0.4, 0.5) is 26.0 Å². The SMILES string of the molecule is CN(C)c1ccc(C(=O)Nc2n[nH]c3c2CN(S(=O)(=O)c2cc(F)cc(F)c2)CC3(C)C)c(NC(=O)C2CCOC2)c1. The summed E-state index contributed by atoms with van der Waals surface area (Å²) in [5.74, 6) is -3.07. The van der Waals surface area contributed by atoms with Gasteiger partial charge in [-0.3, -0.25) is 14.7 Å². The smallest absolute Gasteiger partial charge is 0.258 e. The number of nitrogens with one attached hydrogen (secondary N) is 3. The Morgan fingerprint density at radius 3 is 2.48 bits per heavy atom. The molecule has 1 atom stereocenters. The van der Waals surface area contributed by atoms with E-state index in [2.05, 4.69) is 20.8 Å². The highest BCUT2D eigenvalue weighted by Crippen LogP contribution is 2.38. The Kier molecular flexibility index (Phi) is 7.81. The van der Waals surface area contributed by atoms with E-state index >= 15 is 0 Å². The number of anilines is 3. The number of nitrogens with zero attached hydrogens (tertiary/aromatic N) is 3. The second-order valence-corrected chi connectivity index (χ2v) is 13.3. The molecular weight excluding hydrogens is 570 g/mol. The molecule has 2 aromatic carbocycles. The number of fused-ring (bicyclic) bond motifs is 1. The van der Waals surface area contributed by atoms with Crippen molar-refractivity contribution in [3.8, 4) is 0 Å². The number of aromatic nitrogens is 2. The van der Waals surface area contributed by atoms with E-state index in [9.17, 15) is 26.8 Å². The number of benzene rings is 2. The van der Waals surface area contributed by atoms with Crippen molar-refractivity contribution >= 4 is 39.0 Å². The third kappa shape index (κ3) is 5.74. The highest BCUT2D eigenvalue weighted by Gasteiger charge is 2.41. The molecule has 11 nitrogen and oxygen atoms in total. The Balaban J connectivity index is 1.45. The number of carbonyl (C=O) groups excluding carboxylic acids is 2. The molecule has 14 heteroatoms. The average molecular weight is 603 g/mol. The van der Waals surface area contributed by atoms with Crippen LogP contribution < -0.4 is 15.5 Å². The van der Waals surface area contributed by atoms with E-state index in [0.29, 0.717) is 42.6 Å². The lowest BCUT2D eigenvalue weighted by molar-refractivity contribution is -0.119. The van der Waals surface area contributed by atoms with Crippen molar-refractivity contribution in [3.63, 3.8) is 0 Å². The van der Waals surface area contributed by atoms with E-state index in [0.717, 1.165) is 22.1 Å². The van der Waals surface area contributed by atoms with Crippen LogP contribution in [0, 0.1) is 17.6 Å². The van der Waals surface area contributed by atoms with Gasteiger partial charge < -0.3 is 20.3 Å². The monoisotopic (exact) mass is 602 g/mol. The fourth-order valence-corrected chi connectivity index (χ4v) is 6.81. The highest BCUT2D eigenvalue weighted by atomic mass is 32.2. The number of aromatic amines is 1. The lowest BCUT2D eigenvalue weighted by Gasteiger charge is -2.36. The van der Waals surface area contributed by atoms with Crippen molar-refractivity contribution in [2.24, 2.45) is 5.92 Å². The maximum absolute atomic E-state index is 13.9. The summed E-state index contributed by atoms with van der Waals surface area (Å²) in [7, 11) is -0.632. The predicted octanol–water partition coefficient (Wildman–Crippen LogP) is 3.46. The van der Waals surface area contributed by atoms with Gasteiger partial charge in [0.2, 0.25) is 15.9 Å². The molecule has 0 radical (unpaired) electrons. The first-order chi connectivity index (χ1) is 19.8. The van der Waals surface area contributed by atoms with Gasteiger partial charge in [0.1, 0.15) is 11.6 Å². The summed E-state index contributed by atoms with van der Waals surface area (Å²) in [6.07, 6.45) is 0.581. The van der Waals surface area contributed by atoms with Crippen molar-refractivity contribution in [2.75, 3.05) is 49.4 Å². The number of rotatable bonds is 7. The van der Waals surface area contributed by atoms with Gasteiger partial charge in [-0.1, -0.05) is 13.8 Å². The summed E-state index contributed by atoms with van der Waals surface area (Å²) in [4.78, 5) is 27.8. The van der Waals surface area contributed by atoms with Crippen LogP contribution in [-0.2, 0) is 31.5 Å². The van der Waals surface area contributed by atoms with Gasteiger partial charge in [0.25, 0.3) is 5.91 Å². The fraction of sp³-hybridized carbons (Fsp3) is 0.393. The number of H-pyrrole nitrogens is 1. The first kappa shape index (κ1) is 29.6. The van der Waals surface area contributed by atoms with Crippen molar-refractivity contribution < 1.29 is 31.5 Å². The van der Waals surface area contributed by atoms with Crippen LogP contribution in [0.2, 0.25) is 0 Å². The zero-order valence-corrected chi connectivity index (χ0v) is 24.4. The lowest BCUT2D eigenvalue weighted by Crippen LogP contribution is -2.45. The van der Waals surface area contributed by atoms with Crippen LogP contribution in [0.1, 0.15) is 41.9 Å². The minimum atomic E-state index is -4.30. The van der Waals surface area contributed by atoms with Crippen LogP contribution in [0.3, 0.4) is 0 Å². The third-order valence-electron chi connectivity index (χ3n) is 7.48. The molecule has 1 unspecified atom stereocenters. The van der Waals surface area contributed by atoms with Gasteiger partial charge >= 0.3 is 0 Å². The van der Waals surface area contributed by atoms with Crippen molar-refractivity contribution in [3.05, 3.63) is 64.9 Å². The quantitative estimate of drug-likeness (QED) is 0.377. The van der Waals surface area contributed by atoms with E-state index in [1.54, 1.807) is 32.0 Å². The molecule has 3 N–H and O–H groups in total. The van der Waals surface area contributed by atoms with Crippen LogP contribution >= 0.6 is 0 Å². The van der Waals surface area contributed by atoms with Gasteiger partial charge in [0, 0.05) is 62.2 Å². The fourth-order valence-electron chi connectivity index (χ4n) is 5.19. The van der Waals surface area contributed by atoms with Crippen LogP contribution in [0.15, 0.2) is 41.3 Å². The molecule has 0 aliphatic carbocycles. The summed E-state index contributed by atoms with van der Waals surface area (Å²) >= 11 is 0. The molecule has 1 aromatic heterocycles. The van der Waals surface area contributed by atoms with E-state index in [1.165, 1.54) is 0 Å². The van der Waals surface area contributed by atoms with Crippen LogP contribution in [0.25, 0.3) is 0 Å². The molecule has 2 aliphatic rings. The zero-order valence-electron chi connectivity index (χ0n) is 23.6. The number of halogens is 2. The molecule has 224 valence electrons. The Bertz CT molecular complexity index is 1630. The van der Waals surface area contributed by atoms with Gasteiger partial charge in [-0.05, 0) is 36.8 Å². The zero-order chi connectivity index (χ0) is 30.4. The summed E-state index contributed by atoms with van der Waals surface area (Å²) in [5.41, 5.74) is 1.50. The van der Waals surface area contributed by atoms with E-state index in [-0.39, 0.29) is 36.3 Å². The minimum Gasteiger partial charge on any atom is -0.381 e. The average Bonchev–Trinajstić information content (AvgIpc) is 3.59. The number of sulfonamides is 1. The van der Waals surface area contributed by atoms with Gasteiger partial charge in [-0.15, -0.1) is 0 Å². The van der Waals surface area contributed by atoms with E-state index in [4.69, 9.17) is 4.74 Å². The standard InChI is InChI=1S/C28H32F2N6O5S/c1-28(2)15-36(42(39,40)20-10-17(29)9-18(30)11-20)13-22-24(28)33-34-25(22)32-27(38)21-6-5-19(35(3)4)12-23(21)31-26(37)16-7-8-41-14-16/h5-6,9-12,16H,7-8,13-15H2,1-4H3,(H,31,37)(H2,32,33,34,38). The number of ether oxygens (including phenoxy) is 1. The Morgan fingerprint density at radius 2 is 1.83 bits per heavy atom. The summed E-state index contributed by atoms with van der Waals surface area (Å²) < 4.78 is 61.1. The van der Waals surface area contributed by atoms with Gasteiger partial charge in [-0.25, -0.2) is 17.2 Å². The predicted molar refractivity (Wildman–Crippen MR) is 152 cm³/mol. The number of hydrogen-bond acceptors (Lipinski definition) is 7. The van der Waals surface area contributed by atoms with Gasteiger partial charge in [0.05, 0.1) is 28.7 Å². The van der Waals surface area contributed by atoms with Crippen molar-refractivity contribution in [2.45, 2.75) is 37.1 Å². The molecule has 0 saturated carbocycles. The van der Waals surface area contributed by atoms with E-state index < -0.39 is 37.9 Å². The topological polar surface area (TPSA) is 137 Å². The molecule has 5 rings (SSSR count). The van der Waals surface area contributed by atoms with Crippen LogP contribution in [0.5, 0.6) is 0 Å². The molecule has 2 amide bonds. The summed E-state index contributed by atoms with van der Waals surface area (Å²) in [6.45, 7) is 4.19. The lowest BCUT2D eigenvalue weighted by atomic mass is 9.84.